The summed E-state index contributed by atoms with van der Waals surface area (Å²) in [6, 6.07) is 10.1. The van der Waals surface area contributed by atoms with Crippen LogP contribution in [0.25, 0.3) is 0 Å². The number of carbonyl (C=O) groups is 1. The molecule has 0 unspecified atom stereocenters. The van der Waals surface area contributed by atoms with E-state index in [2.05, 4.69) is 5.32 Å². The van der Waals surface area contributed by atoms with E-state index in [-0.39, 0.29) is 0 Å². The second-order valence-corrected chi connectivity index (χ2v) is 5.88. The van der Waals surface area contributed by atoms with Crippen LogP contribution < -0.4 is 11.1 Å². The fourth-order valence-corrected chi connectivity index (χ4v) is 3.72. The lowest BCUT2D eigenvalue weighted by Crippen LogP contribution is -2.01. The van der Waals surface area contributed by atoms with E-state index in [1.54, 1.807) is 0 Å². The summed E-state index contributed by atoms with van der Waals surface area (Å²) in [4.78, 5) is 13.0. The normalized spacial score (nSPS) is 10.3. The van der Waals surface area contributed by atoms with Crippen molar-refractivity contribution in [3.05, 3.63) is 40.8 Å². The molecule has 0 aliphatic rings. The number of ether oxygens (including phenoxy) is 1. The molecule has 4 nitrogen and oxygen atoms in total. The minimum Gasteiger partial charge on any atom is -0.465 e. The number of methoxy groups -OCH3 is 1. The van der Waals surface area contributed by atoms with Crippen LogP contribution in [-0.4, -0.2) is 19.3 Å². The molecule has 0 atom stereocenters. The van der Waals surface area contributed by atoms with Crippen LogP contribution >= 0.6 is 23.1 Å². The summed E-state index contributed by atoms with van der Waals surface area (Å²) in [6.07, 6.45) is 1.94. The molecule has 3 N–H and O–H groups in total. The second kappa shape index (κ2) is 6.67. The van der Waals surface area contributed by atoms with Gasteiger partial charge < -0.3 is 15.8 Å². The molecule has 0 saturated carbocycles. The van der Waals surface area contributed by atoms with E-state index in [0.29, 0.717) is 17.1 Å². The third-order valence-electron chi connectivity index (χ3n) is 2.77. The maximum absolute atomic E-state index is 11.7. The summed E-state index contributed by atoms with van der Waals surface area (Å²) in [5.41, 5.74) is 7.67. The lowest BCUT2D eigenvalue weighted by molar-refractivity contribution is 0.0607. The number of hydrogen-bond acceptors (Lipinski definition) is 6. The minimum atomic E-state index is -0.393. The lowest BCUT2D eigenvalue weighted by Gasteiger charge is -2.06. The average molecular weight is 308 g/mol. The molecule has 1 aromatic carbocycles. The van der Waals surface area contributed by atoms with Crippen molar-refractivity contribution in [3.8, 4) is 0 Å². The zero-order valence-electron chi connectivity index (χ0n) is 11.3. The Morgan fingerprint density at radius 1 is 1.40 bits per heavy atom. The van der Waals surface area contributed by atoms with Gasteiger partial charge in [-0.2, -0.15) is 0 Å². The number of hydrogen-bond donors (Lipinski definition) is 2. The maximum atomic E-state index is 11.7. The molecular formula is C14H16N2O2S2. The quantitative estimate of drug-likeness (QED) is 0.654. The first-order valence-corrected chi connectivity index (χ1v) is 8.03. The fraction of sp³-hybridized carbons (Fsp3) is 0.214. The number of esters is 1. The fourth-order valence-electron chi connectivity index (χ4n) is 1.77. The summed E-state index contributed by atoms with van der Waals surface area (Å²) in [5.74, 6) is -0.393. The highest BCUT2D eigenvalue weighted by molar-refractivity contribution is 7.99. The second-order valence-electron chi connectivity index (χ2n) is 4.04. The van der Waals surface area contributed by atoms with Gasteiger partial charge in [-0.15, -0.1) is 23.1 Å². The van der Waals surface area contributed by atoms with Crippen molar-refractivity contribution in [2.45, 2.75) is 11.4 Å². The molecule has 1 aromatic heterocycles. The third kappa shape index (κ3) is 3.08. The summed E-state index contributed by atoms with van der Waals surface area (Å²) >= 11 is 2.85. The van der Waals surface area contributed by atoms with Crippen LogP contribution in [0.2, 0.25) is 0 Å². The van der Waals surface area contributed by atoms with Crippen molar-refractivity contribution < 1.29 is 9.53 Å². The van der Waals surface area contributed by atoms with E-state index in [9.17, 15) is 4.79 Å². The van der Waals surface area contributed by atoms with Gasteiger partial charge in [-0.25, -0.2) is 4.79 Å². The van der Waals surface area contributed by atoms with Gasteiger partial charge in [-0.3, -0.25) is 0 Å². The Bertz CT molecular complexity index is 597. The maximum Gasteiger partial charge on any atom is 0.350 e. The molecule has 106 valence electrons. The zero-order chi connectivity index (χ0) is 14.5. The number of thiophene rings is 1. The Balaban J connectivity index is 2.21. The Morgan fingerprint density at radius 2 is 2.10 bits per heavy atom. The largest absolute Gasteiger partial charge is 0.465 e. The SMILES string of the molecule is COC(=O)c1sc(NCc2ccccc2)c(SC)c1N. The predicted octanol–water partition coefficient (Wildman–Crippen LogP) is 3.45. The molecule has 0 fully saturated rings. The predicted molar refractivity (Wildman–Crippen MR) is 85.6 cm³/mol. The first-order valence-electron chi connectivity index (χ1n) is 5.99. The van der Waals surface area contributed by atoms with Crippen molar-refractivity contribution in [2.24, 2.45) is 0 Å². The molecule has 0 amide bonds. The molecule has 0 radical (unpaired) electrons. The summed E-state index contributed by atoms with van der Waals surface area (Å²) in [7, 11) is 1.36. The van der Waals surface area contributed by atoms with Crippen molar-refractivity contribution >= 4 is 39.8 Å². The molecule has 2 rings (SSSR count). The minimum absolute atomic E-state index is 0.393. The highest BCUT2D eigenvalue weighted by Crippen LogP contribution is 2.42. The van der Waals surface area contributed by atoms with Crippen LogP contribution in [0.15, 0.2) is 35.2 Å². The van der Waals surface area contributed by atoms with Gasteiger partial charge in [0.05, 0.1) is 17.7 Å². The van der Waals surface area contributed by atoms with Gasteiger partial charge >= 0.3 is 5.97 Å². The Morgan fingerprint density at radius 3 is 2.70 bits per heavy atom. The highest BCUT2D eigenvalue weighted by Gasteiger charge is 2.20. The van der Waals surface area contributed by atoms with E-state index < -0.39 is 5.97 Å². The van der Waals surface area contributed by atoms with E-state index in [1.165, 1.54) is 35.8 Å². The number of nitrogens with two attached hydrogens (primary N) is 1. The molecule has 2 aromatic rings. The summed E-state index contributed by atoms with van der Waals surface area (Å²) < 4.78 is 4.75. The molecule has 0 aliphatic heterocycles. The molecule has 1 heterocycles. The van der Waals surface area contributed by atoms with Crippen molar-refractivity contribution in [2.75, 3.05) is 24.4 Å². The number of nitrogens with one attached hydrogen (secondary N) is 1. The van der Waals surface area contributed by atoms with Crippen LogP contribution in [0.3, 0.4) is 0 Å². The zero-order valence-corrected chi connectivity index (χ0v) is 12.9. The number of carbonyl (C=O) groups excluding carboxylic acids is 1. The van der Waals surface area contributed by atoms with Gasteiger partial charge in [0.1, 0.15) is 9.88 Å². The van der Waals surface area contributed by atoms with Gasteiger partial charge in [0.2, 0.25) is 0 Å². The van der Waals surface area contributed by atoms with Crippen LogP contribution in [0, 0.1) is 0 Å². The van der Waals surface area contributed by atoms with Crippen LogP contribution in [0.5, 0.6) is 0 Å². The van der Waals surface area contributed by atoms with Crippen LogP contribution in [0.1, 0.15) is 15.2 Å². The molecule has 0 aliphatic carbocycles. The highest BCUT2D eigenvalue weighted by atomic mass is 32.2. The summed E-state index contributed by atoms with van der Waals surface area (Å²) in [6.45, 7) is 0.689. The monoisotopic (exact) mass is 308 g/mol. The van der Waals surface area contributed by atoms with Gasteiger partial charge in [0.25, 0.3) is 0 Å². The average Bonchev–Trinajstić information content (AvgIpc) is 2.81. The van der Waals surface area contributed by atoms with E-state index in [1.807, 2.05) is 36.6 Å². The first-order chi connectivity index (χ1) is 9.67. The van der Waals surface area contributed by atoms with Crippen molar-refractivity contribution in [1.82, 2.24) is 0 Å². The van der Waals surface area contributed by atoms with Gasteiger partial charge in [-0.1, -0.05) is 30.3 Å². The molecule has 6 heteroatoms. The number of thioether (sulfide) groups is 1. The van der Waals surface area contributed by atoms with Gasteiger partial charge in [0.15, 0.2) is 0 Å². The van der Waals surface area contributed by atoms with Gasteiger partial charge in [0, 0.05) is 6.54 Å². The molecule has 0 bridgehead atoms. The number of benzene rings is 1. The molecular weight excluding hydrogens is 292 g/mol. The van der Waals surface area contributed by atoms with Crippen molar-refractivity contribution in [3.63, 3.8) is 0 Å². The molecule has 0 saturated heterocycles. The van der Waals surface area contributed by atoms with Crippen LogP contribution in [0.4, 0.5) is 10.7 Å². The van der Waals surface area contributed by atoms with E-state index >= 15 is 0 Å². The third-order valence-corrected chi connectivity index (χ3v) is 4.88. The van der Waals surface area contributed by atoms with Gasteiger partial charge in [-0.05, 0) is 11.8 Å². The molecule has 20 heavy (non-hydrogen) atoms. The Labute approximate surface area is 126 Å². The van der Waals surface area contributed by atoms with E-state index in [4.69, 9.17) is 10.5 Å². The first kappa shape index (κ1) is 14.7. The topological polar surface area (TPSA) is 64.3 Å². The van der Waals surface area contributed by atoms with E-state index in [0.717, 1.165) is 9.90 Å². The number of anilines is 2. The Hall–Kier alpha value is -1.66. The number of nitrogen functional groups attached to an aromatic ring is 1. The van der Waals surface area contributed by atoms with Crippen LogP contribution in [-0.2, 0) is 11.3 Å². The van der Waals surface area contributed by atoms with Crippen molar-refractivity contribution in [1.29, 1.82) is 0 Å². The smallest absolute Gasteiger partial charge is 0.350 e. The standard InChI is InChI=1S/C14H16N2O2S2/c1-18-14(17)12-10(15)11(19-2)13(20-12)16-8-9-6-4-3-5-7-9/h3-7,16H,8,15H2,1-2H3. The summed E-state index contributed by atoms with van der Waals surface area (Å²) in [5, 5.41) is 4.23. The number of rotatable bonds is 5. The Kier molecular flexibility index (Phi) is 4.92. The molecule has 0 spiro atoms. The lowest BCUT2D eigenvalue weighted by atomic mass is 10.2.